The van der Waals surface area contributed by atoms with Crippen LogP contribution in [-0.2, 0) is 4.74 Å². The molecule has 1 aromatic heterocycles. The molecule has 2 heterocycles. The molecule has 1 aromatic rings. The Morgan fingerprint density at radius 3 is 3.06 bits per heavy atom. The van der Waals surface area contributed by atoms with Gasteiger partial charge in [-0.25, -0.2) is 9.78 Å². The Balaban J connectivity index is 2.21. The Labute approximate surface area is 106 Å². The van der Waals surface area contributed by atoms with Crippen molar-refractivity contribution in [1.82, 2.24) is 4.98 Å². The summed E-state index contributed by atoms with van der Waals surface area (Å²) in [7, 11) is 1.72. The largest absolute Gasteiger partial charge is 0.477 e. The number of methoxy groups -OCH3 is 1. The number of aromatic nitrogens is 1. The van der Waals surface area contributed by atoms with E-state index in [1.54, 1.807) is 13.2 Å². The third-order valence-corrected chi connectivity index (χ3v) is 3.48. The average Bonchev–Trinajstić information content (AvgIpc) is 2.39. The van der Waals surface area contributed by atoms with Crippen molar-refractivity contribution in [3.63, 3.8) is 0 Å². The Morgan fingerprint density at radius 2 is 2.39 bits per heavy atom. The molecule has 0 bridgehead atoms. The number of pyridine rings is 1. The number of rotatable bonds is 3. The molecule has 0 radical (unpaired) electrons. The van der Waals surface area contributed by atoms with Crippen molar-refractivity contribution < 1.29 is 14.6 Å². The summed E-state index contributed by atoms with van der Waals surface area (Å²) < 4.78 is 5.53. The Hall–Kier alpha value is -1.62. The normalized spacial score (nSPS) is 24.0. The molecule has 1 atom stereocenters. The van der Waals surface area contributed by atoms with E-state index in [-0.39, 0.29) is 11.3 Å². The lowest BCUT2D eigenvalue weighted by molar-refractivity contribution is -0.00465. The summed E-state index contributed by atoms with van der Waals surface area (Å²) in [5, 5.41) is 8.95. The lowest BCUT2D eigenvalue weighted by atomic mass is 9.94. The van der Waals surface area contributed by atoms with Gasteiger partial charge in [-0.1, -0.05) is 0 Å². The van der Waals surface area contributed by atoms with E-state index in [0.717, 1.165) is 31.6 Å². The van der Waals surface area contributed by atoms with E-state index in [2.05, 4.69) is 16.8 Å². The van der Waals surface area contributed by atoms with Gasteiger partial charge in [0.1, 0.15) is 5.69 Å². The van der Waals surface area contributed by atoms with Crippen LogP contribution in [0.2, 0.25) is 0 Å². The molecule has 1 aliphatic rings. The van der Waals surface area contributed by atoms with Gasteiger partial charge in [0, 0.05) is 32.1 Å². The first kappa shape index (κ1) is 12.8. The number of anilines is 1. The molecule has 1 fully saturated rings. The maximum Gasteiger partial charge on any atom is 0.354 e. The van der Waals surface area contributed by atoms with Gasteiger partial charge in [0.25, 0.3) is 0 Å². The lowest BCUT2D eigenvalue weighted by Gasteiger charge is -2.40. The zero-order valence-corrected chi connectivity index (χ0v) is 10.7. The fourth-order valence-corrected chi connectivity index (χ4v) is 2.33. The smallest absolute Gasteiger partial charge is 0.354 e. The Morgan fingerprint density at radius 1 is 1.61 bits per heavy atom. The molecule has 1 aliphatic heterocycles. The molecule has 1 N–H and O–H groups in total. The molecule has 5 heteroatoms. The highest BCUT2D eigenvalue weighted by atomic mass is 16.5. The van der Waals surface area contributed by atoms with Crippen LogP contribution >= 0.6 is 0 Å². The van der Waals surface area contributed by atoms with Crippen molar-refractivity contribution in [3.8, 4) is 0 Å². The van der Waals surface area contributed by atoms with Crippen LogP contribution < -0.4 is 4.90 Å². The molecule has 0 aliphatic carbocycles. The van der Waals surface area contributed by atoms with Gasteiger partial charge in [-0.15, -0.1) is 0 Å². The molecular weight excluding hydrogens is 232 g/mol. The predicted molar refractivity (Wildman–Crippen MR) is 68.1 cm³/mol. The molecule has 5 nitrogen and oxygen atoms in total. The molecule has 0 aromatic carbocycles. The van der Waals surface area contributed by atoms with Crippen LogP contribution in [0.25, 0.3) is 0 Å². The molecule has 0 amide bonds. The van der Waals surface area contributed by atoms with Crippen molar-refractivity contribution in [3.05, 3.63) is 24.0 Å². The van der Waals surface area contributed by atoms with Gasteiger partial charge in [0.2, 0.25) is 0 Å². The van der Waals surface area contributed by atoms with E-state index in [4.69, 9.17) is 9.84 Å². The van der Waals surface area contributed by atoms with E-state index < -0.39 is 5.97 Å². The van der Waals surface area contributed by atoms with Crippen molar-refractivity contribution in [2.45, 2.75) is 25.4 Å². The second kappa shape index (κ2) is 4.94. The first-order valence-corrected chi connectivity index (χ1v) is 6.03. The number of nitrogens with zero attached hydrogens (tertiary/aromatic N) is 2. The minimum Gasteiger partial charge on any atom is -0.477 e. The molecule has 18 heavy (non-hydrogen) atoms. The van der Waals surface area contributed by atoms with Gasteiger partial charge in [0.05, 0.1) is 5.60 Å². The first-order valence-electron chi connectivity index (χ1n) is 6.03. The third-order valence-electron chi connectivity index (χ3n) is 3.48. The lowest BCUT2D eigenvalue weighted by Crippen LogP contribution is -2.47. The highest BCUT2D eigenvalue weighted by Gasteiger charge is 2.31. The van der Waals surface area contributed by atoms with Crippen molar-refractivity contribution in [2.24, 2.45) is 0 Å². The number of hydrogen-bond donors (Lipinski definition) is 1. The van der Waals surface area contributed by atoms with E-state index in [1.165, 1.54) is 6.20 Å². The number of carboxylic acid groups (broad SMARTS) is 1. The number of hydrogen-bond acceptors (Lipinski definition) is 4. The summed E-state index contributed by atoms with van der Waals surface area (Å²) in [6.07, 6.45) is 3.60. The van der Waals surface area contributed by atoms with E-state index in [0.29, 0.717) is 0 Å². The second-order valence-electron chi connectivity index (χ2n) is 4.88. The molecule has 1 unspecified atom stereocenters. The minimum atomic E-state index is -0.997. The van der Waals surface area contributed by atoms with Gasteiger partial charge >= 0.3 is 5.97 Å². The molecule has 0 spiro atoms. The van der Waals surface area contributed by atoms with Gasteiger partial charge in [0.15, 0.2) is 0 Å². The average molecular weight is 250 g/mol. The number of piperidine rings is 1. The van der Waals surface area contributed by atoms with Crippen LogP contribution in [0.4, 0.5) is 5.69 Å². The maximum atomic E-state index is 10.9. The first-order chi connectivity index (χ1) is 8.54. The van der Waals surface area contributed by atoms with Gasteiger partial charge in [-0.3, -0.25) is 0 Å². The van der Waals surface area contributed by atoms with Crippen LogP contribution in [0.1, 0.15) is 30.3 Å². The van der Waals surface area contributed by atoms with E-state index >= 15 is 0 Å². The summed E-state index contributed by atoms with van der Waals surface area (Å²) in [5.41, 5.74) is 0.813. The fraction of sp³-hybridized carbons (Fsp3) is 0.538. The second-order valence-corrected chi connectivity index (χ2v) is 4.88. The van der Waals surface area contributed by atoms with Gasteiger partial charge in [-0.2, -0.15) is 0 Å². The zero-order valence-electron chi connectivity index (χ0n) is 10.7. The van der Waals surface area contributed by atoms with E-state index in [1.807, 2.05) is 6.07 Å². The topological polar surface area (TPSA) is 62.7 Å². The summed E-state index contributed by atoms with van der Waals surface area (Å²) in [6, 6.07) is 3.46. The van der Waals surface area contributed by atoms with Crippen LogP contribution in [0.15, 0.2) is 18.3 Å². The molecule has 2 rings (SSSR count). The molecule has 0 saturated carbocycles. The quantitative estimate of drug-likeness (QED) is 0.886. The summed E-state index contributed by atoms with van der Waals surface area (Å²) in [4.78, 5) is 16.9. The van der Waals surface area contributed by atoms with Crippen LogP contribution in [-0.4, -0.2) is 41.9 Å². The van der Waals surface area contributed by atoms with Crippen LogP contribution in [0.3, 0.4) is 0 Å². The number of carbonyl (C=O) groups is 1. The standard InChI is InChI=1S/C13H18N2O3/c1-13(18-2)5-3-7-15(9-13)10-4-6-14-11(8-10)12(16)17/h4,6,8H,3,5,7,9H2,1-2H3,(H,16,17). The number of ether oxygens (including phenoxy) is 1. The monoisotopic (exact) mass is 250 g/mol. The van der Waals surface area contributed by atoms with Crippen molar-refractivity contribution >= 4 is 11.7 Å². The SMILES string of the molecule is COC1(C)CCCN(c2ccnc(C(=O)O)c2)C1. The summed E-state index contributed by atoms with van der Waals surface area (Å²) in [6.45, 7) is 3.77. The zero-order chi connectivity index (χ0) is 13.2. The fourth-order valence-electron chi connectivity index (χ4n) is 2.33. The highest BCUT2D eigenvalue weighted by Crippen LogP contribution is 2.27. The van der Waals surface area contributed by atoms with Gasteiger partial charge in [-0.05, 0) is 31.9 Å². The number of aromatic carboxylic acids is 1. The Bertz CT molecular complexity index is 450. The Kier molecular flexibility index (Phi) is 3.52. The molecular formula is C13H18N2O3. The molecule has 1 saturated heterocycles. The maximum absolute atomic E-state index is 10.9. The molecule has 98 valence electrons. The third kappa shape index (κ3) is 2.61. The van der Waals surface area contributed by atoms with Crippen LogP contribution in [0, 0.1) is 0 Å². The number of carboxylic acids is 1. The highest BCUT2D eigenvalue weighted by molar-refractivity contribution is 5.86. The minimum absolute atomic E-state index is 0.0807. The summed E-state index contributed by atoms with van der Waals surface area (Å²) >= 11 is 0. The summed E-state index contributed by atoms with van der Waals surface area (Å²) in [5.74, 6) is -0.997. The van der Waals surface area contributed by atoms with E-state index in [9.17, 15) is 4.79 Å². The van der Waals surface area contributed by atoms with Crippen LogP contribution in [0.5, 0.6) is 0 Å². The predicted octanol–water partition coefficient (Wildman–Crippen LogP) is 1.79. The van der Waals surface area contributed by atoms with Crippen molar-refractivity contribution in [1.29, 1.82) is 0 Å². The van der Waals surface area contributed by atoms with Gasteiger partial charge < -0.3 is 14.7 Å². The van der Waals surface area contributed by atoms with Crippen molar-refractivity contribution in [2.75, 3.05) is 25.1 Å².